The number of benzene rings is 2. The van der Waals surface area contributed by atoms with Crippen LogP contribution in [0.2, 0.25) is 0 Å². The lowest BCUT2D eigenvalue weighted by atomic mass is 9.69. The quantitative estimate of drug-likeness (QED) is 0.0607. The Morgan fingerprint density at radius 2 is 0.697 bits per heavy atom. The van der Waals surface area contributed by atoms with Crippen molar-refractivity contribution in [3.05, 3.63) is 70.8 Å². The molecule has 0 aliphatic heterocycles. The van der Waals surface area contributed by atoms with E-state index in [0.29, 0.717) is 36.2 Å². The normalized spacial score (nSPS) is 25.2. The molecule has 0 saturated heterocycles. The molecule has 2 aromatic rings. The standard InChI is InChI=1S/C68H104O8/c1-65(2,45-69)41-17-13-25-48-29-21-37-56(60(48)71)52-33-9-10-34-53(52)58-39-23-31-50(62(58)73)27-15-19-43-67(5,6)47-76-64(75)68(7,8)44-20-16-28-51-32-24-40-59(63(51)74)55-36-12-11-35-54(55)57-38-22-30-49(61(57)72)26-14-18-42-66(3,4)46-70/h9-12,33-36,48-51,56-59,69-70H,13-32,37-47H2,1-8H3. The molecule has 8 heteroatoms. The molecule has 76 heavy (non-hydrogen) atoms. The van der Waals surface area contributed by atoms with E-state index in [1.807, 2.05) is 38.1 Å². The lowest BCUT2D eigenvalue weighted by molar-refractivity contribution is -0.157. The van der Waals surface area contributed by atoms with Crippen LogP contribution in [-0.4, -0.2) is 59.1 Å². The van der Waals surface area contributed by atoms with E-state index in [4.69, 9.17) is 4.74 Å². The van der Waals surface area contributed by atoms with Gasteiger partial charge in [-0.2, -0.15) is 0 Å². The second-order valence-corrected chi connectivity index (χ2v) is 27.8. The second kappa shape index (κ2) is 28.6. The van der Waals surface area contributed by atoms with E-state index in [2.05, 4.69) is 65.8 Å². The van der Waals surface area contributed by atoms with Crippen molar-refractivity contribution in [1.29, 1.82) is 0 Å². The van der Waals surface area contributed by atoms with Gasteiger partial charge in [-0.05, 0) is 155 Å². The molecule has 2 N–H and O–H groups in total. The monoisotopic (exact) mass is 1050 g/mol. The van der Waals surface area contributed by atoms with Crippen molar-refractivity contribution in [3.63, 3.8) is 0 Å². The average Bonchev–Trinajstić information content (AvgIpc) is 3.42. The van der Waals surface area contributed by atoms with Crippen LogP contribution in [0.1, 0.15) is 281 Å². The molecule has 2 aromatic carbocycles. The molecule has 8 atom stereocenters. The second-order valence-electron chi connectivity index (χ2n) is 27.8. The van der Waals surface area contributed by atoms with Crippen molar-refractivity contribution >= 4 is 29.1 Å². The van der Waals surface area contributed by atoms with Gasteiger partial charge in [-0.25, -0.2) is 0 Å². The summed E-state index contributed by atoms with van der Waals surface area (Å²) in [5.41, 5.74) is 3.35. The summed E-state index contributed by atoms with van der Waals surface area (Å²) in [5, 5.41) is 19.3. The topological polar surface area (TPSA) is 135 Å². The Bertz CT molecular complexity index is 2200. The fraction of sp³-hybridized carbons (Fsp3) is 0.750. The first-order valence-corrected chi connectivity index (χ1v) is 30.9. The number of unbranched alkanes of at least 4 members (excludes halogenated alkanes) is 4. The summed E-state index contributed by atoms with van der Waals surface area (Å²) in [7, 11) is 0. The number of esters is 1. The van der Waals surface area contributed by atoms with Crippen LogP contribution in [0.3, 0.4) is 0 Å². The number of rotatable bonds is 29. The first-order valence-electron chi connectivity index (χ1n) is 30.9. The lowest BCUT2D eigenvalue weighted by Gasteiger charge is -2.33. The molecule has 0 heterocycles. The van der Waals surface area contributed by atoms with Crippen molar-refractivity contribution in [2.24, 2.45) is 45.3 Å². The number of carbonyl (C=O) groups excluding carboxylic acids is 5. The van der Waals surface area contributed by atoms with Crippen molar-refractivity contribution in [2.75, 3.05) is 19.8 Å². The first kappa shape index (κ1) is 61.7. The molecule has 8 unspecified atom stereocenters. The molecule has 0 amide bonds. The van der Waals surface area contributed by atoms with Gasteiger partial charge in [0.1, 0.15) is 23.1 Å². The van der Waals surface area contributed by atoms with Crippen LogP contribution in [-0.2, 0) is 28.7 Å². The largest absolute Gasteiger partial charge is 0.465 e. The first-order chi connectivity index (χ1) is 36.2. The van der Waals surface area contributed by atoms with Crippen LogP contribution >= 0.6 is 0 Å². The maximum atomic E-state index is 14.2. The number of aliphatic hydroxyl groups excluding tert-OH is 2. The van der Waals surface area contributed by atoms with Gasteiger partial charge in [0.2, 0.25) is 0 Å². The number of hydrogen-bond acceptors (Lipinski definition) is 8. The summed E-state index contributed by atoms with van der Waals surface area (Å²) in [4.78, 5) is 70.1. The highest BCUT2D eigenvalue weighted by molar-refractivity contribution is 5.93. The Kier molecular flexibility index (Phi) is 23.2. The molecule has 6 rings (SSSR count). The Balaban J connectivity index is 0.908. The number of ether oxygens (including phenoxy) is 1. The van der Waals surface area contributed by atoms with Crippen LogP contribution < -0.4 is 0 Å². The fourth-order valence-corrected chi connectivity index (χ4v) is 14.0. The van der Waals surface area contributed by atoms with E-state index in [9.17, 15) is 34.2 Å². The van der Waals surface area contributed by atoms with Crippen LogP contribution in [0, 0.1) is 45.3 Å². The molecule has 0 radical (unpaired) electrons. The van der Waals surface area contributed by atoms with Crippen LogP contribution in [0.5, 0.6) is 0 Å². The summed E-state index contributed by atoms with van der Waals surface area (Å²) in [6, 6.07) is 16.6. The maximum absolute atomic E-state index is 14.2. The molecular weight excluding hydrogens is 945 g/mol. The molecule has 0 bridgehead atoms. The number of ketones is 4. The Morgan fingerprint density at radius 1 is 0.421 bits per heavy atom. The highest BCUT2D eigenvalue weighted by atomic mass is 16.5. The Morgan fingerprint density at radius 3 is 0.987 bits per heavy atom. The van der Waals surface area contributed by atoms with Gasteiger partial charge < -0.3 is 14.9 Å². The zero-order chi connectivity index (χ0) is 55.1. The van der Waals surface area contributed by atoms with Gasteiger partial charge in [-0.3, -0.25) is 24.0 Å². The molecule has 4 fully saturated rings. The molecule has 0 aromatic heterocycles. The summed E-state index contributed by atoms with van der Waals surface area (Å²) >= 11 is 0. The van der Waals surface area contributed by atoms with Gasteiger partial charge in [-0.1, -0.05) is 167 Å². The van der Waals surface area contributed by atoms with E-state index in [1.54, 1.807) is 0 Å². The van der Waals surface area contributed by atoms with E-state index >= 15 is 0 Å². The highest BCUT2D eigenvalue weighted by Crippen LogP contribution is 2.45. The molecule has 4 aliphatic carbocycles. The minimum Gasteiger partial charge on any atom is -0.465 e. The molecule has 0 spiro atoms. The Labute approximate surface area is 460 Å². The van der Waals surface area contributed by atoms with E-state index in [0.717, 1.165) is 196 Å². The highest BCUT2D eigenvalue weighted by Gasteiger charge is 2.40. The lowest BCUT2D eigenvalue weighted by Crippen LogP contribution is -2.31. The third-order valence-corrected chi connectivity index (χ3v) is 19.2. The van der Waals surface area contributed by atoms with Gasteiger partial charge in [0, 0.05) is 60.6 Å². The third kappa shape index (κ3) is 17.3. The average molecular weight is 1050 g/mol. The summed E-state index contributed by atoms with van der Waals surface area (Å²) < 4.78 is 6.05. The molecule has 8 nitrogen and oxygen atoms in total. The van der Waals surface area contributed by atoms with Crippen LogP contribution in [0.15, 0.2) is 48.5 Å². The molecule has 424 valence electrons. The zero-order valence-electron chi connectivity index (χ0n) is 49.0. The minimum atomic E-state index is -0.629. The van der Waals surface area contributed by atoms with E-state index < -0.39 is 5.41 Å². The van der Waals surface area contributed by atoms with Gasteiger partial charge in [0.05, 0.1) is 12.0 Å². The number of Topliss-reactive ketones (excluding diaryl/α,β-unsaturated/α-hetero) is 4. The van der Waals surface area contributed by atoms with Crippen molar-refractivity contribution in [2.45, 2.75) is 259 Å². The van der Waals surface area contributed by atoms with Gasteiger partial charge in [-0.15, -0.1) is 0 Å². The predicted octanol–water partition coefficient (Wildman–Crippen LogP) is 16.1. The SMILES string of the molecule is CC(C)(CO)CCCCC1CCCC(c2ccccc2C2CCCC(CCCCC(C)(C)COC(=O)C(C)(C)CCCCC3CCCC(c4ccccc4C4CCCC(CCCCC(C)(C)CO)C4=O)C3=O)C2=O)C1=O. The smallest absolute Gasteiger partial charge is 0.311 e. The van der Waals surface area contributed by atoms with Gasteiger partial charge in [0.15, 0.2) is 0 Å². The third-order valence-electron chi connectivity index (χ3n) is 19.2. The predicted molar refractivity (Wildman–Crippen MR) is 307 cm³/mol. The van der Waals surface area contributed by atoms with E-state index in [-0.39, 0.29) is 82.8 Å². The van der Waals surface area contributed by atoms with Crippen LogP contribution in [0.4, 0.5) is 0 Å². The summed E-state index contributed by atoms with van der Waals surface area (Å²) in [6.07, 6.45) is 26.0. The number of hydrogen-bond donors (Lipinski definition) is 2. The van der Waals surface area contributed by atoms with Crippen molar-refractivity contribution in [1.82, 2.24) is 0 Å². The molecule has 4 aliphatic rings. The van der Waals surface area contributed by atoms with Gasteiger partial charge in [0.25, 0.3) is 0 Å². The maximum Gasteiger partial charge on any atom is 0.311 e. The molecular formula is C68H104O8. The fourth-order valence-electron chi connectivity index (χ4n) is 14.0. The minimum absolute atomic E-state index is 0.000515. The summed E-state index contributed by atoms with van der Waals surface area (Å²) in [6.45, 7) is 17.4. The zero-order valence-corrected chi connectivity index (χ0v) is 49.0. The van der Waals surface area contributed by atoms with E-state index in [1.165, 1.54) is 0 Å². The van der Waals surface area contributed by atoms with Crippen LogP contribution in [0.25, 0.3) is 0 Å². The number of aliphatic hydroxyl groups is 2. The van der Waals surface area contributed by atoms with Crippen molar-refractivity contribution in [3.8, 4) is 0 Å². The summed E-state index contributed by atoms with van der Waals surface area (Å²) in [5.74, 6) is 0.821. The molecule has 4 saturated carbocycles. The van der Waals surface area contributed by atoms with Crippen molar-refractivity contribution < 1.29 is 38.9 Å². The number of carbonyl (C=O) groups is 5. The van der Waals surface area contributed by atoms with Gasteiger partial charge >= 0.3 is 5.97 Å². The Hall–Kier alpha value is -3.49.